The van der Waals surface area contributed by atoms with Gasteiger partial charge < -0.3 is 9.80 Å². The summed E-state index contributed by atoms with van der Waals surface area (Å²) in [5.41, 5.74) is 1.80. The number of H-pyrrole nitrogens is 1. The van der Waals surface area contributed by atoms with E-state index >= 15 is 0 Å². The van der Waals surface area contributed by atoms with Crippen LogP contribution in [-0.4, -0.2) is 52.2 Å². The van der Waals surface area contributed by atoms with E-state index in [1.54, 1.807) is 12.4 Å². The van der Waals surface area contributed by atoms with E-state index < -0.39 is 0 Å². The Labute approximate surface area is 158 Å². The minimum atomic E-state index is 0.100. The van der Waals surface area contributed by atoms with Gasteiger partial charge in [0.25, 0.3) is 5.91 Å². The van der Waals surface area contributed by atoms with Gasteiger partial charge in [-0.25, -0.2) is 4.98 Å². The first-order valence-electron chi connectivity index (χ1n) is 9.41. The van der Waals surface area contributed by atoms with E-state index in [0.29, 0.717) is 24.0 Å². The third-order valence-corrected chi connectivity index (χ3v) is 5.74. The maximum Gasteiger partial charge on any atom is 0.257 e. The molecule has 1 aliphatic carbocycles. The fourth-order valence-electron chi connectivity index (χ4n) is 4.03. The Hall–Kier alpha value is -2.08. The van der Waals surface area contributed by atoms with Crippen LogP contribution < -0.4 is 4.90 Å². The van der Waals surface area contributed by atoms with Crippen LogP contribution in [0.25, 0.3) is 0 Å². The van der Waals surface area contributed by atoms with E-state index in [4.69, 9.17) is 11.6 Å². The van der Waals surface area contributed by atoms with Crippen molar-refractivity contribution < 1.29 is 4.79 Å². The average Bonchev–Trinajstić information content (AvgIpc) is 3.19. The van der Waals surface area contributed by atoms with Crippen molar-refractivity contribution in [3.05, 3.63) is 40.8 Å². The number of anilines is 1. The van der Waals surface area contributed by atoms with Crippen LogP contribution in [0.4, 0.5) is 5.82 Å². The molecule has 0 bridgehead atoms. The minimum absolute atomic E-state index is 0.100. The predicted molar refractivity (Wildman–Crippen MR) is 102 cm³/mol. The first-order chi connectivity index (χ1) is 12.7. The van der Waals surface area contributed by atoms with E-state index in [-0.39, 0.29) is 5.91 Å². The number of hydrogen-bond donors (Lipinski definition) is 1. The number of nitrogens with one attached hydrogen (secondary N) is 1. The highest BCUT2D eigenvalue weighted by atomic mass is 35.5. The number of hydrogen-bond acceptors (Lipinski definition) is 4. The Balaban J connectivity index is 1.41. The number of amides is 1. The van der Waals surface area contributed by atoms with Crippen molar-refractivity contribution in [3.8, 4) is 0 Å². The molecule has 3 heterocycles. The lowest BCUT2D eigenvalue weighted by Crippen LogP contribution is -2.49. The lowest BCUT2D eigenvalue weighted by atomic mass is 9.85. The average molecular weight is 374 g/mol. The molecule has 7 heteroatoms. The summed E-state index contributed by atoms with van der Waals surface area (Å²) in [7, 11) is 0. The number of carbonyl (C=O) groups is 1. The summed E-state index contributed by atoms with van der Waals surface area (Å²) in [6.07, 6.45) is 9.45. The van der Waals surface area contributed by atoms with E-state index in [1.807, 2.05) is 17.0 Å². The molecule has 0 aromatic carbocycles. The van der Waals surface area contributed by atoms with Crippen molar-refractivity contribution in [2.24, 2.45) is 0 Å². The van der Waals surface area contributed by atoms with Crippen LogP contribution in [0.5, 0.6) is 0 Å². The van der Waals surface area contributed by atoms with Crippen molar-refractivity contribution in [1.82, 2.24) is 20.1 Å². The van der Waals surface area contributed by atoms with Crippen LogP contribution >= 0.6 is 11.6 Å². The van der Waals surface area contributed by atoms with Crippen LogP contribution in [0, 0.1) is 0 Å². The number of carbonyl (C=O) groups excluding carboxylic acids is 1. The molecular weight excluding hydrogens is 350 g/mol. The monoisotopic (exact) mass is 373 g/mol. The van der Waals surface area contributed by atoms with Gasteiger partial charge in [-0.2, -0.15) is 5.10 Å². The zero-order valence-corrected chi connectivity index (χ0v) is 15.6. The van der Waals surface area contributed by atoms with Gasteiger partial charge in [0.15, 0.2) is 0 Å². The normalized spacial score (nSPS) is 19.0. The van der Waals surface area contributed by atoms with Gasteiger partial charge >= 0.3 is 0 Å². The second-order valence-electron chi connectivity index (χ2n) is 7.15. The lowest BCUT2D eigenvalue weighted by molar-refractivity contribution is 0.0744. The molecule has 6 nitrogen and oxygen atoms in total. The summed E-state index contributed by atoms with van der Waals surface area (Å²) < 4.78 is 0. The fourth-order valence-corrected chi connectivity index (χ4v) is 4.14. The molecule has 2 aliphatic rings. The first kappa shape index (κ1) is 17.3. The number of pyridine rings is 1. The van der Waals surface area contributed by atoms with Crippen LogP contribution in [0.2, 0.25) is 5.02 Å². The highest BCUT2D eigenvalue weighted by Gasteiger charge is 2.28. The smallest absolute Gasteiger partial charge is 0.257 e. The zero-order chi connectivity index (χ0) is 17.9. The highest BCUT2D eigenvalue weighted by Crippen LogP contribution is 2.33. The van der Waals surface area contributed by atoms with Gasteiger partial charge in [0.2, 0.25) is 0 Å². The van der Waals surface area contributed by atoms with Crippen molar-refractivity contribution >= 4 is 23.3 Å². The van der Waals surface area contributed by atoms with Gasteiger partial charge in [0.1, 0.15) is 5.82 Å². The van der Waals surface area contributed by atoms with Crippen LogP contribution in [-0.2, 0) is 0 Å². The first-order valence-corrected chi connectivity index (χ1v) is 9.79. The third-order valence-electron chi connectivity index (χ3n) is 5.52. The molecule has 2 aromatic rings. The number of nitrogens with zero attached hydrogens (tertiary/aromatic N) is 4. The van der Waals surface area contributed by atoms with Gasteiger partial charge in [-0.1, -0.05) is 30.9 Å². The maximum atomic E-state index is 13.0. The fraction of sp³-hybridized carbons (Fsp3) is 0.526. The summed E-state index contributed by atoms with van der Waals surface area (Å²) in [5.74, 6) is 1.46. The van der Waals surface area contributed by atoms with E-state index in [1.165, 1.54) is 19.3 Å². The molecule has 4 rings (SSSR count). The molecule has 138 valence electrons. The van der Waals surface area contributed by atoms with Gasteiger partial charge in [0.05, 0.1) is 22.5 Å². The number of piperazine rings is 1. The van der Waals surface area contributed by atoms with E-state index in [2.05, 4.69) is 20.1 Å². The Bertz CT molecular complexity index is 746. The second-order valence-corrected chi connectivity index (χ2v) is 7.58. The molecule has 0 radical (unpaired) electrons. The van der Waals surface area contributed by atoms with Crippen molar-refractivity contribution in [2.75, 3.05) is 31.1 Å². The Kier molecular flexibility index (Phi) is 5.11. The van der Waals surface area contributed by atoms with Crippen molar-refractivity contribution in [2.45, 2.75) is 38.0 Å². The Morgan fingerprint density at radius 3 is 2.54 bits per heavy atom. The Morgan fingerprint density at radius 1 is 1.08 bits per heavy atom. The standard InChI is InChI=1S/C19H24ClN5O/c20-15-6-7-17(21-12-15)24-8-10-25(11-9-24)19(26)16-13-22-23-18(16)14-4-2-1-3-5-14/h6-7,12-14H,1-5,8-11H2,(H,22,23). The molecule has 2 fully saturated rings. The van der Waals surface area contributed by atoms with Gasteiger partial charge in [-0.3, -0.25) is 9.89 Å². The number of aromatic amines is 1. The molecule has 1 aliphatic heterocycles. The molecule has 0 spiro atoms. The minimum Gasteiger partial charge on any atom is -0.353 e. The molecule has 0 atom stereocenters. The van der Waals surface area contributed by atoms with Crippen molar-refractivity contribution in [1.29, 1.82) is 0 Å². The number of halogens is 1. The topological polar surface area (TPSA) is 65.1 Å². The molecular formula is C19H24ClN5O. The van der Waals surface area contributed by atoms with Crippen molar-refractivity contribution in [3.63, 3.8) is 0 Å². The number of aromatic nitrogens is 3. The van der Waals surface area contributed by atoms with Crippen LogP contribution in [0.1, 0.15) is 54.1 Å². The summed E-state index contributed by atoms with van der Waals surface area (Å²) in [6, 6.07) is 3.78. The van der Waals surface area contributed by atoms with E-state index in [0.717, 1.165) is 43.0 Å². The largest absolute Gasteiger partial charge is 0.353 e. The second kappa shape index (κ2) is 7.66. The van der Waals surface area contributed by atoms with Gasteiger partial charge in [-0.15, -0.1) is 0 Å². The molecule has 1 saturated heterocycles. The SMILES string of the molecule is O=C(c1cn[nH]c1C1CCCCC1)N1CCN(c2ccc(Cl)cn2)CC1. The third kappa shape index (κ3) is 3.56. The van der Waals surface area contributed by atoms with Gasteiger partial charge in [-0.05, 0) is 25.0 Å². The Morgan fingerprint density at radius 2 is 1.85 bits per heavy atom. The molecule has 1 amide bonds. The highest BCUT2D eigenvalue weighted by molar-refractivity contribution is 6.30. The quantitative estimate of drug-likeness (QED) is 0.894. The van der Waals surface area contributed by atoms with Gasteiger partial charge in [0, 0.05) is 38.3 Å². The molecule has 1 N–H and O–H groups in total. The lowest BCUT2D eigenvalue weighted by Gasteiger charge is -2.35. The summed E-state index contributed by atoms with van der Waals surface area (Å²) in [6.45, 7) is 2.94. The van der Waals surface area contributed by atoms with E-state index in [9.17, 15) is 4.79 Å². The molecule has 0 unspecified atom stereocenters. The predicted octanol–water partition coefficient (Wildman–Crippen LogP) is 3.47. The summed E-state index contributed by atoms with van der Waals surface area (Å²) in [5, 5.41) is 7.92. The molecule has 26 heavy (non-hydrogen) atoms. The van der Waals surface area contributed by atoms with Crippen LogP contribution in [0.3, 0.4) is 0 Å². The summed E-state index contributed by atoms with van der Waals surface area (Å²) in [4.78, 5) is 21.5. The summed E-state index contributed by atoms with van der Waals surface area (Å²) >= 11 is 5.91. The van der Waals surface area contributed by atoms with Crippen LogP contribution in [0.15, 0.2) is 24.5 Å². The maximum absolute atomic E-state index is 13.0. The molecule has 1 saturated carbocycles. The number of rotatable bonds is 3. The molecule has 2 aromatic heterocycles. The zero-order valence-electron chi connectivity index (χ0n) is 14.8.